The Morgan fingerprint density at radius 3 is 2.39 bits per heavy atom. The molecule has 0 amide bonds. The molecular weight excluding hydrogens is 333 g/mol. The summed E-state index contributed by atoms with van der Waals surface area (Å²) in [6.07, 6.45) is 3.45. The van der Waals surface area contributed by atoms with Crippen LogP contribution in [0.5, 0.6) is 0 Å². The summed E-state index contributed by atoms with van der Waals surface area (Å²) in [5.74, 6) is 1.76. The number of benzene rings is 1. The van der Waals surface area contributed by atoms with Gasteiger partial charge in [0.05, 0.1) is 10.0 Å². The lowest BCUT2D eigenvalue weighted by Crippen LogP contribution is -2.47. The first kappa shape index (κ1) is 16.1. The average Bonchev–Trinajstić information content (AvgIpc) is 2.58. The van der Waals surface area contributed by atoms with Crippen molar-refractivity contribution in [3.63, 3.8) is 0 Å². The molecule has 1 fully saturated rings. The summed E-state index contributed by atoms with van der Waals surface area (Å²) < 4.78 is 0. The van der Waals surface area contributed by atoms with Crippen molar-refractivity contribution < 1.29 is 0 Å². The number of hydrogen-bond acceptors (Lipinski definition) is 5. The van der Waals surface area contributed by atoms with Crippen molar-refractivity contribution >= 4 is 40.5 Å². The van der Waals surface area contributed by atoms with Gasteiger partial charge in [0.1, 0.15) is 0 Å². The molecule has 1 aromatic heterocycles. The molecule has 122 valence electrons. The van der Waals surface area contributed by atoms with Crippen molar-refractivity contribution in [3.05, 3.63) is 40.6 Å². The maximum absolute atomic E-state index is 6.12. The van der Waals surface area contributed by atoms with E-state index in [1.807, 2.05) is 18.2 Å². The fourth-order valence-electron chi connectivity index (χ4n) is 2.71. The standard InChI is InChI=1S/C16H19Cl2N5/c1-2-19-15-16(21-6-5-20-15)23-9-7-22(8-10-23)12-3-4-13(17)14(18)11-12/h3-6,11H,2,7-10H2,1H3,(H,19,20). The summed E-state index contributed by atoms with van der Waals surface area (Å²) in [4.78, 5) is 13.4. The number of nitrogens with one attached hydrogen (secondary N) is 1. The SMILES string of the molecule is CCNc1nccnc1N1CCN(c2ccc(Cl)c(Cl)c2)CC1. The van der Waals surface area contributed by atoms with Crippen LogP contribution < -0.4 is 15.1 Å². The summed E-state index contributed by atoms with van der Waals surface area (Å²) in [5.41, 5.74) is 1.10. The first-order valence-electron chi connectivity index (χ1n) is 7.69. The summed E-state index contributed by atoms with van der Waals surface area (Å²) >= 11 is 12.1. The summed E-state index contributed by atoms with van der Waals surface area (Å²) in [5, 5.41) is 4.45. The topological polar surface area (TPSA) is 44.3 Å². The smallest absolute Gasteiger partial charge is 0.171 e. The molecule has 0 atom stereocenters. The van der Waals surface area contributed by atoms with E-state index in [1.165, 1.54) is 0 Å². The normalized spacial score (nSPS) is 14.9. The molecule has 0 bridgehead atoms. The molecule has 0 radical (unpaired) electrons. The van der Waals surface area contributed by atoms with Gasteiger partial charge in [0.2, 0.25) is 0 Å². The van der Waals surface area contributed by atoms with Gasteiger partial charge in [-0.25, -0.2) is 9.97 Å². The minimum atomic E-state index is 0.587. The van der Waals surface area contributed by atoms with Gasteiger partial charge < -0.3 is 15.1 Å². The fourth-order valence-corrected chi connectivity index (χ4v) is 3.00. The van der Waals surface area contributed by atoms with Gasteiger partial charge >= 0.3 is 0 Å². The van der Waals surface area contributed by atoms with Crippen LogP contribution in [-0.2, 0) is 0 Å². The number of hydrogen-bond donors (Lipinski definition) is 1. The van der Waals surface area contributed by atoms with Gasteiger partial charge in [0, 0.05) is 50.8 Å². The third-order valence-corrected chi connectivity index (χ3v) is 4.61. The quantitative estimate of drug-likeness (QED) is 0.912. The van der Waals surface area contributed by atoms with E-state index in [-0.39, 0.29) is 0 Å². The second-order valence-corrected chi connectivity index (χ2v) is 6.15. The Morgan fingerprint density at radius 2 is 1.70 bits per heavy atom. The van der Waals surface area contributed by atoms with E-state index in [0.717, 1.165) is 50.0 Å². The Kier molecular flexibility index (Phi) is 5.08. The highest BCUT2D eigenvalue weighted by atomic mass is 35.5. The predicted molar refractivity (Wildman–Crippen MR) is 97.1 cm³/mol. The number of anilines is 3. The van der Waals surface area contributed by atoms with Crippen LogP contribution in [0.4, 0.5) is 17.3 Å². The molecule has 0 saturated carbocycles. The van der Waals surface area contributed by atoms with E-state index in [1.54, 1.807) is 12.4 Å². The van der Waals surface area contributed by atoms with Crippen LogP contribution in [0.25, 0.3) is 0 Å². The first-order valence-corrected chi connectivity index (χ1v) is 8.44. The van der Waals surface area contributed by atoms with Gasteiger partial charge in [0.25, 0.3) is 0 Å². The Bertz CT molecular complexity index is 671. The number of piperazine rings is 1. The minimum absolute atomic E-state index is 0.587. The molecule has 1 aliphatic heterocycles. The number of rotatable bonds is 4. The Labute approximate surface area is 146 Å². The average molecular weight is 352 g/mol. The summed E-state index contributed by atoms with van der Waals surface area (Å²) in [6, 6.07) is 5.78. The van der Waals surface area contributed by atoms with Crippen LogP contribution in [-0.4, -0.2) is 42.7 Å². The third kappa shape index (κ3) is 3.62. The van der Waals surface area contributed by atoms with Gasteiger partial charge in [-0.1, -0.05) is 23.2 Å². The van der Waals surface area contributed by atoms with E-state index >= 15 is 0 Å². The number of nitrogens with zero attached hydrogens (tertiary/aromatic N) is 4. The first-order chi connectivity index (χ1) is 11.2. The van der Waals surface area contributed by atoms with E-state index in [9.17, 15) is 0 Å². The Hall–Kier alpha value is -1.72. The maximum Gasteiger partial charge on any atom is 0.171 e. The Morgan fingerprint density at radius 1 is 1.00 bits per heavy atom. The molecule has 23 heavy (non-hydrogen) atoms. The molecule has 2 aromatic rings. The molecule has 0 aliphatic carbocycles. The molecule has 0 unspecified atom stereocenters. The monoisotopic (exact) mass is 351 g/mol. The van der Waals surface area contributed by atoms with Gasteiger partial charge in [0.15, 0.2) is 11.6 Å². The lowest BCUT2D eigenvalue weighted by atomic mass is 10.2. The molecule has 1 N–H and O–H groups in total. The van der Waals surface area contributed by atoms with Crippen molar-refractivity contribution in [1.29, 1.82) is 0 Å². The van der Waals surface area contributed by atoms with Crippen LogP contribution in [0.2, 0.25) is 10.0 Å². The zero-order valence-electron chi connectivity index (χ0n) is 13.0. The second-order valence-electron chi connectivity index (χ2n) is 5.33. The van der Waals surface area contributed by atoms with Crippen molar-refractivity contribution in [2.45, 2.75) is 6.92 Å². The van der Waals surface area contributed by atoms with Crippen LogP contribution >= 0.6 is 23.2 Å². The van der Waals surface area contributed by atoms with E-state index in [0.29, 0.717) is 10.0 Å². The van der Waals surface area contributed by atoms with Gasteiger partial charge in [-0.05, 0) is 25.1 Å². The molecule has 2 heterocycles. The van der Waals surface area contributed by atoms with Gasteiger partial charge in [-0.2, -0.15) is 0 Å². The minimum Gasteiger partial charge on any atom is -0.368 e. The molecule has 1 aliphatic rings. The van der Waals surface area contributed by atoms with Crippen LogP contribution in [0, 0.1) is 0 Å². The molecule has 1 aromatic carbocycles. The highest BCUT2D eigenvalue weighted by molar-refractivity contribution is 6.42. The molecule has 3 rings (SSSR count). The van der Waals surface area contributed by atoms with Crippen molar-refractivity contribution in [1.82, 2.24) is 9.97 Å². The molecule has 0 spiro atoms. The van der Waals surface area contributed by atoms with Crippen LogP contribution in [0.1, 0.15) is 6.92 Å². The lowest BCUT2D eigenvalue weighted by Gasteiger charge is -2.37. The van der Waals surface area contributed by atoms with Crippen molar-refractivity contribution in [3.8, 4) is 0 Å². The zero-order valence-corrected chi connectivity index (χ0v) is 14.5. The van der Waals surface area contributed by atoms with Crippen molar-refractivity contribution in [2.75, 3.05) is 47.8 Å². The molecular formula is C16H19Cl2N5. The number of aromatic nitrogens is 2. The van der Waals surface area contributed by atoms with Gasteiger partial charge in [-0.3, -0.25) is 0 Å². The number of halogens is 2. The zero-order chi connectivity index (χ0) is 16.2. The predicted octanol–water partition coefficient (Wildman–Crippen LogP) is 3.54. The largest absolute Gasteiger partial charge is 0.368 e. The Balaban J connectivity index is 1.70. The second kappa shape index (κ2) is 7.23. The maximum atomic E-state index is 6.12. The van der Waals surface area contributed by atoms with Crippen LogP contribution in [0.3, 0.4) is 0 Å². The van der Waals surface area contributed by atoms with E-state index in [4.69, 9.17) is 23.2 Å². The molecule has 5 nitrogen and oxygen atoms in total. The molecule has 1 saturated heterocycles. The highest BCUT2D eigenvalue weighted by Gasteiger charge is 2.21. The summed E-state index contributed by atoms with van der Waals surface area (Å²) in [7, 11) is 0. The summed E-state index contributed by atoms with van der Waals surface area (Å²) in [6.45, 7) is 6.46. The van der Waals surface area contributed by atoms with Crippen LogP contribution in [0.15, 0.2) is 30.6 Å². The lowest BCUT2D eigenvalue weighted by molar-refractivity contribution is 0.647. The molecule has 7 heteroatoms. The van der Waals surface area contributed by atoms with Crippen molar-refractivity contribution in [2.24, 2.45) is 0 Å². The highest BCUT2D eigenvalue weighted by Crippen LogP contribution is 2.29. The third-order valence-electron chi connectivity index (χ3n) is 3.87. The fraction of sp³-hybridized carbons (Fsp3) is 0.375. The van der Waals surface area contributed by atoms with E-state index in [2.05, 4.69) is 32.0 Å². The van der Waals surface area contributed by atoms with E-state index < -0.39 is 0 Å². The van der Waals surface area contributed by atoms with Gasteiger partial charge in [-0.15, -0.1) is 0 Å².